The lowest BCUT2D eigenvalue weighted by Crippen LogP contribution is -2.34. The van der Waals surface area contributed by atoms with Crippen LogP contribution in [0.3, 0.4) is 0 Å². The van der Waals surface area contributed by atoms with Crippen LogP contribution in [0.1, 0.15) is 15.9 Å². The number of ether oxygens (including phenoxy) is 2. The lowest BCUT2D eigenvalue weighted by Gasteiger charge is -2.09. The summed E-state index contributed by atoms with van der Waals surface area (Å²) in [5, 5.41) is 7.68. The third kappa shape index (κ3) is 4.91. The summed E-state index contributed by atoms with van der Waals surface area (Å²) >= 11 is 0. The van der Waals surface area contributed by atoms with Crippen molar-refractivity contribution in [3.63, 3.8) is 0 Å². The van der Waals surface area contributed by atoms with Crippen LogP contribution in [0.4, 0.5) is 0 Å². The van der Waals surface area contributed by atoms with E-state index >= 15 is 0 Å². The topological polar surface area (TPSA) is 105 Å². The molecule has 4 aromatic rings. The summed E-state index contributed by atoms with van der Waals surface area (Å²) in [6, 6.07) is 22.5. The number of rotatable bonds is 8. The molecule has 0 aliphatic heterocycles. The molecule has 8 nitrogen and oxygen atoms in total. The molecule has 172 valence electrons. The number of hydrazone groups is 1. The number of carbonyl (C=O) groups excluding carboxylic acids is 2. The van der Waals surface area contributed by atoms with Crippen molar-refractivity contribution in [2.45, 2.75) is 0 Å². The minimum absolute atomic E-state index is 0.232. The Morgan fingerprint density at radius 3 is 2.44 bits per heavy atom. The van der Waals surface area contributed by atoms with Crippen molar-refractivity contribution in [2.24, 2.45) is 5.10 Å². The predicted molar refractivity (Wildman–Crippen MR) is 131 cm³/mol. The van der Waals surface area contributed by atoms with Crippen LogP contribution in [0.2, 0.25) is 0 Å². The van der Waals surface area contributed by atoms with Crippen LogP contribution in [0, 0.1) is 0 Å². The highest BCUT2D eigenvalue weighted by Gasteiger charge is 2.13. The Morgan fingerprint density at radius 1 is 0.941 bits per heavy atom. The number of carbonyl (C=O) groups is 2. The van der Waals surface area contributed by atoms with Gasteiger partial charge in [0.05, 0.1) is 32.7 Å². The third-order valence-electron chi connectivity index (χ3n) is 5.25. The zero-order chi connectivity index (χ0) is 23.9. The molecule has 0 saturated heterocycles. The minimum Gasteiger partial charge on any atom is -0.493 e. The highest BCUT2D eigenvalue weighted by molar-refractivity contribution is 6.06. The van der Waals surface area contributed by atoms with Gasteiger partial charge < -0.3 is 19.8 Å². The van der Waals surface area contributed by atoms with E-state index in [-0.39, 0.29) is 6.54 Å². The largest absolute Gasteiger partial charge is 0.493 e. The Morgan fingerprint density at radius 2 is 1.68 bits per heavy atom. The Kier molecular flexibility index (Phi) is 6.88. The number of hydrogen-bond acceptors (Lipinski definition) is 5. The van der Waals surface area contributed by atoms with E-state index in [0.29, 0.717) is 17.1 Å². The fourth-order valence-electron chi connectivity index (χ4n) is 3.58. The van der Waals surface area contributed by atoms with Crippen LogP contribution in [0.25, 0.3) is 22.2 Å². The van der Waals surface area contributed by atoms with Crippen LogP contribution in [-0.4, -0.2) is 43.8 Å². The first-order valence-electron chi connectivity index (χ1n) is 10.6. The van der Waals surface area contributed by atoms with Gasteiger partial charge in [-0.3, -0.25) is 9.59 Å². The van der Waals surface area contributed by atoms with E-state index in [1.165, 1.54) is 14.2 Å². The molecule has 0 bridgehead atoms. The zero-order valence-corrected chi connectivity index (χ0v) is 18.8. The fourth-order valence-corrected chi connectivity index (χ4v) is 3.58. The maximum Gasteiger partial charge on any atom is 0.259 e. The molecule has 2 amide bonds. The van der Waals surface area contributed by atoms with Crippen molar-refractivity contribution < 1.29 is 19.1 Å². The average Bonchev–Trinajstić information content (AvgIpc) is 3.26. The first-order chi connectivity index (χ1) is 16.6. The number of benzene rings is 3. The first kappa shape index (κ1) is 22.6. The number of aromatic amines is 1. The molecule has 0 aliphatic carbocycles. The van der Waals surface area contributed by atoms with Crippen molar-refractivity contribution in [1.29, 1.82) is 0 Å². The predicted octanol–water partition coefficient (Wildman–Crippen LogP) is 3.73. The number of para-hydroxylation sites is 1. The molecule has 0 radical (unpaired) electrons. The summed E-state index contributed by atoms with van der Waals surface area (Å²) in [7, 11) is 3.00. The first-order valence-corrected chi connectivity index (χ1v) is 10.6. The number of hydrogen-bond donors (Lipinski definition) is 3. The van der Waals surface area contributed by atoms with E-state index in [1.807, 2.05) is 54.6 Å². The smallest absolute Gasteiger partial charge is 0.259 e. The van der Waals surface area contributed by atoms with Crippen molar-refractivity contribution >= 4 is 28.9 Å². The van der Waals surface area contributed by atoms with Crippen LogP contribution < -0.4 is 20.2 Å². The van der Waals surface area contributed by atoms with E-state index in [4.69, 9.17) is 9.47 Å². The molecule has 4 rings (SSSR count). The van der Waals surface area contributed by atoms with Gasteiger partial charge >= 0.3 is 0 Å². The molecule has 0 spiro atoms. The number of methoxy groups -OCH3 is 2. The van der Waals surface area contributed by atoms with Crippen LogP contribution in [0.5, 0.6) is 11.5 Å². The number of H-pyrrole nitrogens is 1. The summed E-state index contributed by atoms with van der Waals surface area (Å²) in [6.07, 6.45) is 1.61. The fraction of sp³-hybridized carbons (Fsp3) is 0.115. The van der Waals surface area contributed by atoms with Gasteiger partial charge in [-0.1, -0.05) is 48.5 Å². The van der Waals surface area contributed by atoms with Crippen molar-refractivity contribution in [1.82, 2.24) is 15.7 Å². The monoisotopic (exact) mass is 456 g/mol. The molecule has 3 N–H and O–H groups in total. The highest BCUT2D eigenvalue weighted by atomic mass is 16.5. The molecule has 8 heteroatoms. The van der Waals surface area contributed by atoms with Gasteiger partial charge in [0.1, 0.15) is 0 Å². The Labute approximate surface area is 196 Å². The molecular formula is C26H24N4O4. The molecule has 0 atom stereocenters. The van der Waals surface area contributed by atoms with Gasteiger partial charge in [0.15, 0.2) is 11.5 Å². The van der Waals surface area contributed by atoms with E-state index < -0.39 is 11.8 Å². The van der Waals surface area contributed by atoms with Crippen LogP contribution >= 0.6 is 0 Å². The van der Waals surface area contributed by atoms with Crippen molar-refractivity contribution in [2.75, 3.05) is 20.8 Å². The highest BCUT2D eigenvalue weighted by Crippen LogP contribution is 2.29. The lowest BCUT2D eigenvalue weighted by atomic mass is 10.1. The molecule has 1 aromatic heterocycles. The van der Waals surface area contributed by atoms with E-state index in [9.17, 15) is 9.59 Å². The second-order valence-electron chi connectivity index (χ2n) is 7.37. The summed E-state index contributed by atoms with van der Waals surface area (Å²) in [5.41, 5.74) is 6.56. The van der Waals surface area contributed by atoms with Crippen LogP contribution in [-0.2, 0) is 4.79 Å². The molecule has 0 aliphatic rings. The Bertz CT molecular complexity index is 1350. The van der Waals surface area contributed by atoms with Crippen molar-refractivity contribution in [3.05, 3.63) is 83.9 Å². The van der Waals surface area contributed by atoms with Gasteiger partial charge in [0.2, 0.25) is 0 Å². The summed E-state index contributed by atoms with van der Waals surface area (Å²) < 4.78 is 10.4. The van der Waals surface area contributed by atoms with Crippen molar-refractivity contribution in [3.8, 4) is 22.8 Å². The molecule has 3 aromatic carbocycles. The number of nitrogens with zero attached hydrogens (tertiary/aromatic N) is 1. The van der Waals surface area contributed by atoms with E-state index in [2.05, 4.69) is 20.8 Å². The summed E-state index contributed by atoms with van der Waals surface area (Å²) in [6.45, 7) is -0.232. The molecule has 0 unspecified atom stereocenters. The van der Waals surface area contributed by atoms with Crippen LogP contribution in [0.15, 0.2) is 77.9 Å². The molecular weight excluding hydrogens is 432 g/mol. The molecule has 34 heavy (non-hydrogen) atoms. The summed E-state index contributed by atoms with van der Waals surface area (Å²) in [4.78, 5) is 28.1. The Balaban J connectivity index is 1.42. The zero-order valence-electron chi connectivity index (χ0n) is 18.8. The lowest BCUT2D eigenvalue weighted by molar-refractivity contribution is -0.120. The summed E-state index contributed by atoms with van der Waals surface area (Å²) in [5.74, 6) is 0.0738. The third-order valence-corrected chi connectivity index (χ3v) is 5.25. The standard InChI is InChI=1S/C26H24N4O4/c1-33-22-13-12-18(14-23(22)34-2)26(32)27-16-24(31)30-28-15-20-19-10-6-7-11-21(19)29-25(20)17-8-4-3-5-9-17/h3-15,29H,16H2,1-2H3,(H,27,32)(H,30,31)/b28-15+. The van der Waals surface area contributed by atoms with Gasteiger partial charge in [0, 0.05) is 22.0 Å². The molecule has 0 fully saturated rings. The second kappa shape index (κ2) is 10.4. The quantitative estimate of drug-likeness (QED) is 0.278. The molecule has 0 saturated carbocycles. The Hall–Kier alpha value is -4.59. The minimum atomic E-state index is -0.453. The maximum atomic E-state index is 12.4. The normalized spacial score (nSPS) is 10.9. The maximum absolute atomic E-state index is 12.4. The average molecular weight is 457 g/mol. The SMILES string of the molecule is COc1ccc(C(=O)NCC(=O)N/N=C/c2c(-c3ccccc3)[nH]c3ccccc23)cc1OC. The van der Waals surface area contributed by atoms with Gasteiger partial charge in [0.25, 0.3) is 11.8 Å². The number of nitrogens with one attached hydrogen (secondary N) is 3. The molecule has 1 heterocycles. The van der Waals surface area contributed by atoms with E-state index in [0.717, 1.165) is 27.7 Å². The second-order valence-corrected chi connectivity index (χ2v) is 7.37. The van der Waals surface area contributed by atoms with Gasteiger partial charge in [-0.2, -0.15) is 5.10 Å². The number of fused-ring (bicyclic) bond motifs is 1. The van der Waals surface area contributed by atoms with Gasteiger partial charge in [-0.05, 0) is 29.8 Å². The van der Waals surface area contributed by atoms with Gasteiger partial charge in [-0.15, -0.1) is 0 Å². The van der Waals surface area contributed by atoms with E-state index in [1.54, 1.807) is 24.4 Å². The number of amides is 2. The van der Waals surface area contributed by atoms with Gasteiger partial charge in [-0.25, -0.2) is 5.43 Å². The number of aromatic nitrogens is 1.